The molecular formula is C11H13N3O3S2. The fraction of sp³-hybridized carbons (Fsp3) is 0.182. The van der Waals surface area contributed by atoms with Crippen LogP contribution in [0.2, 0.25) is 0 Å². The Morgan fingerprint density at radius 3 is 2.68 bits per heavy atom. The molecule has 1 aromatic carbocycles. The lowest BCUT2D eigenvalue weighted by Crippen LogP contribution is -2.14. The number of aryl methyl sites for hydroxylation is 1. The molecule has 1 aromatic heterocycles. The Kier molecular flexibility index (Phi) is 3.63. The van der Waals surface area contributed by atoms with Crippen LogP contribution in [-0.2, 0) is 10.0 Å². The van der Waals surface area contributed by atoms with Gasteiger partial charge in [-0.3, -0.25) is 4.72 Å². The topological polar surface area (TPSA) is 94.3 Å². The Morgan fingerprint density at radius 1 is 1.42 bits per heavy atom. The number of nitrogen functional groups attached to an aromatic ring is 1. The van der Waals surface area contributed by atoms with Gasteiger partial charge in [0.25, 0.3) is 10.0 Å². The lowest BCUT2D eigenvalue weighted by molar-refractivity contribution is 0.414. The zero-order valence-electron chi connectivity index (χ0n) is 10.4. The molecule has 0 fully saturated rings. The minimum atomic E-state index is -3.74. The number of ether oxygens (including phenoxy) is 1. The van der Waals surface area contributed by atoms with Crippen LogP contribution in [0.3, 0.4) is 0 Å². The summed E-state index contributed by atoms with van der Waals surface area (Å²) in [7, 11) is -2.25. The number of benzene rings is 1. The van der Waals surface area contributed by atoms with E-state index in [9.17, 15) is 8.42 Å². The van der Waals surface area contributed by atoms with Gasteiger partial charge in [-0.05, 0) is 19.1 Å². The van der Waals surface area contributed by atoms with E-state index in [2.05, 4.69) is 9.71 Å². The molecule has 0 radical (unpaired) electrons. The van der Waals surface area contributed by atoms with Gasteiger partial charge in [-0.25, -0.2) is 13.4 Å². The first-order chi connectivity index (χ1) is 8.92. The molecule has 0 spiro atoms. The van der Waals surface area contributed by atoms with Crippen LogP contribution in [0.15, 0.2) is 29.3 Å². The first-order valence-electron chi connectivity index (χ1n) is 5.31. The molecule has 0 bridgehead atoms. The van der Waals surface area contributed by atoms with Crippen LogP contribution in [-0.4, -0.2) is 20.5 Å². The molecule has 0 unspecified atom stereocenters. The Bertz CT molecular complexity index is 695. The molecule has 0 aliphatic heterocycles. The van der Waals surface area contributed by atoms with Crippen molar-refractivity contribution in [3.8, 4) is 5.75 Å². The van der Waals surface area contributed by atoms with Crippen LogP contribution in [0, 0.1) is 6.92 Å². The Morgan fingerprint density at radius 2 is 2.16 bits per heavy atom. The van der Waals surface area contributed by atoms with Crippen molar-refractivity contribution in [3.05, 3.63) is 29.3 Å². The second-order valence-electron chi connectivity index (χ2n) is 3.79. The number of aromatic nitrogens is 1. The third-order valence-corrected chi connectivity index (χ3v) is 4.72. The Labute approximate surface area is 115 Å². The molecule has 2 aromatic rings. The van der Waals surface area contributed by atoms with Crippen LogP contribution in [0.25, 0.3) is 0 Å². The maximum Gasteiger partial charge on any atom is 0.265 e. The van der Waals surface area contributed by atoms with Gasteiger partial charge in [0.2, 0.25) is 0 Å². The van der Waals surface area contributed by atoms with E-state index in [0.717, 1.165) is 4.88 Å². The van der Waals surface area contributed by atoms with Gasteiger partial charge < -0.3 is 10.5 Å². The van der Waals surface area contributed by atoms with Crippen molar-refractivity contribution in [2.24, 2.45) is 0 Å². The highest BCUT2D eigenvalue weighted by atomic mass is 32.2. The molecule has 0 aliphatic carbocycles. The van der Waals surface area contributed by atoms with E-state index in [1.165, 1.54) is 36.6 Å². The number of hydrogen-bond acceptors (Lipinski definition) is 6. The minimum absolute atomic E-state index is 0.00107. The van der Waals surface area contributed by atoms with E-state index in [4.69, 9.17) is 10.5 Å². The molecule has 6 nitrogen and oxygen atoms in total. The predicted octanol–water partition coefficient (Wildman–Crippen LogP) is 1.84. The highest BCUT2D eigenvalue weighted by molar-refractivity contribution is 7.93. The molecule has 0 aliphatic rings. The SMILES string of the molecule is COc1ccc(S(=O)(=O)Nc2ncc(C)s2)c(N)c1. The first-order valence-corrected chi connectivity index (χ1v) is 7.61. The van der Waals surface area contributed by atoms with E-state index in [1.807, 2.05) is 6.92 Å². The van der Waals surface area contributed by atoms with Crippen molar-refractivity contribution in [2.75, 3.05) is 17.6 Å². The number of rotatable bonds is 4. The van der Waals surface area contributed by atoms with Crippen molar-refractivity contribution in [1.82, 2.24) is 4.98 Å². The normalized spacial score (nSPS) is 11.3. The zero-order valence-corrected chi connectivity index (χ0v) is 12.0. The molecule has 0 amide bonds. The fourth-order valence-corrected chi connectivity index (χ4v) is 3.49. The van der Waals surface area contributed by atoms with Gasteiger partial charge in [0, 0.05) is 17.1 Å². The molecular weight excluding hydrogens is 286 g/mol. The number of methoxy groups -OCH3 is 1. The number of anilines is 2. The number of nitrogens with two attached hydrogens (primary N) is 1. The lowest BCUT2D eigenvalue weighted by Gasteiger charge is -2.09. The lowest BCUT2D eigenvalue weighted by atomic mass is 10.3. The summed E-state index contributed by atoms with van der Waals surface area (Å²) in [6.45, 7) is 1.84. The predicted molar refractivity (Wildman–Crippen MR) is 75.1 cm³/mol. The van der Waals surface area contributed by atoms with Gasteiger partial charge in [-0.1, -0.05) is 0 Å². The first kappa shape index (κ1) is 13.6. The van der Waals surface area contributed by atoms with Crippen LogP contribution >= 0.6 is 11.3 Å². The molecule has 0 saturated carbocycles. The van der Waals surface area contributed by atoms with E-state index >= 15 is 0 Å². The quantitative estimate of drug-likeness (QED) is 0.840. The molecule has 0 saturated heterocycles. The van der Waals surface area contributed by atoms with Crippen molar-refractivity contribution in [3.63, 3.8) is 0 Å². The molecule has 19 heavy (non-hydrogen) atoms. The number of sulfonamides is 1. The Balaban J connectivity index is 2.34. The summed E-state index contributed by atoms with van der Waals surface area (Å²) in [4.78, 5) is 4.87. The maximum atomic E-state index is 12.2. The summed E-state index contributed by atoms with van der Waals surface area (Å²) in [6, 6.07) is 4.40. The van der Waals surface area contributed by atoms with Crippen molar-refractivity contribution >= 4 is 32.2 Å². The van der Waals surface area contributed by atoms with Gasteiger partial charge in [0.1, 0.15) is 10.6 Å². The summed E-state index contributed by atoms with van der Waals surface area (Å²) in [5, 5.41) is 0.313. The van der Waals surface area contributed by atoms with Crippen molar-refractivity contribution < 1.29 is 13.2 Å². The fourth-order valence-electron chi connectivity index (χ4n) is 1.47. The smallest absolute Gasteiger partial charge is 0.265 e. The minimum Gasteiger partial charge on any atom is -0.497 e. The number of nitrogens with one attached hydrogen (secondary N) is 1. The summed E-state index contributed by atoms with van der Waals surface area (Å²) >= 11 is 1.26. The average molecular weight is 299 g/mol. The van der Waals surface area contributed by atoms with E-state index in [0.29, 0.717) is 10.9 Å². The third kappa shape index (κ3) is 2.96. The molecule has 102 valence electrons. The number of hydrogen-bond donors (Lipinski definition) is 2. The summed E-state index contributed by atoms with van der Waals surface area (Å²) in [6.07, 6.45) is 1.60. The van der Waals surface area contributed by atoms with E-state index in [1.54, 1.807) is 6.20 Å². The van der Waals surface area contributed by atoms with Gasteiger partial charge >= 0.3 is 0 Å². The molecule has 2 rings (SSSR count). The highest BCUT2D eigenvalue weighted by Gasteiger charge is 2.19. The molecule has 8 heteroatoms. The third-order valence-electron chi connectivity index (χ3n) is 2.35. The summed E-state index contributed by atoms with van der Waals surface area (Å²) in [5.74, 6) is 0.501. The zero-order chi connectivity index (χ0) is 14.0. The van der Waals surface area contributed by atoms with Crippen LogP contribution in [0.5, 0.6) is 5.75 Å². The van der Waals surface area contributed by atoms with Crippen LogP contribution in [0.1, 0.15) is 4.88 Å². The maximum absolute atomic E-state index is 12.2. The highest BCUT2D eigenvalue weighted by Crippen LogP contribution is 2.26. The van der Waals surface area contributed by atoms with Gasteiger partial charge in [0.15, 0.2) is 5.13 Å². The second kappa shape index (κ2) is 5.06. The van der Waals surface area contributed by atoms with Gasteiger partial charge in [0.05, 0.1) is 12.8 Å². The number of nitrogens with zero attached hydrogens (tertiary/aromatic N) is 1. The monoisotopic (exact) mass is 299 g/mol. The molecule has 0 atom stereocenters. The Hall–Kier alpha value is -1.80. The summed E-state index contributed by atoms with van der Waals surface area (Å²) < 4.78 is 31.7. The molecule has 1 heterocycles. The van der Waals surface area contributed by atoms with Gasteiger partial charge in [-0.2, -0.15) is 0 Å². The van der Waals surface area contributed by atoms with Crippen LogP contribution in [0.4, 0.5) is 10.8 Å². The summed E-state index contributed by atoms with van der Waals surface area (Å²) in [5.41, 5.74) is 5.85. The van der Waals surface area contributed by atoms with Gasteiger partial charge in [-0.15, -0.1) is 11.3 Å². The van der Waals surface area contributed by atoms with Crippen LogP contribution < -0.4 is 15.2 Å². The van der Waals surface area contributed by atoms with E-state index < -0.39 is 10.0 Å². The van der Waals surface area contributed by atoms with E-state index in [-0.39, 0.29) is 10.6 Å². The van der Waals surface area contributed by atoms with Crippen molar-refractivity contribution in [2.45, 2.75) is 11.8 Å². The number of thiazole rings is 1. The molecule has 3 N–H and O–H groups in total. The largest absolute Gasteiger partial charge is 0.497 e. The second-order valence-corrected chi connectivity index (χ2v) is 6.67. The standard InChI is InChI=1S/C11H13N3O3S2/c1-7-6-13-11(18-7)14-19(15,16)10-4-3-8(17-2)5-9(10)12/h3-6H,12H2,1-2H3,(H,13,14). The average Bonchev–Trinajstić information content (AvgIpc) is 2.73. The van der Waals surface area contributed by atoms with Crippen molar-refractivity contribution in [1.29, 1.82) is 0 Å².